The summed E-state index contributed by atoms with van der Waals surface area (Å²) in [5.41, 5.74) is 6.13. The molecule has 35 heavy (non-hydrogen) atoms. The number of ether oxygens (including phenoxy) is 2. The van der Waals surface area contributed by atoms with Crippen molar-refractivity contribution in [3.63, 3.8) is 0 Å². The Balaban J connectivity index is 1.33. The van der Waals surface area contributed by atoms with Gasteiger partial charge in [-0.25, -0.2) is 14.3 Å². The molecule has 0 atom stereocenters. The summed E-state index contributed by atoms with van der Waals surface area (Å²) >= 11 is 0. The van der Waals surface area contributed by atoms with Crippen LogP contribution in [-0.2, 0) is 17.6 Å². The predicted molar refractivity (Wildman–Crippen MR) is 137 cm³/mol. The summed E-state index contributed by atoms with van der Waals surface area (Å²) in [5, 5.41) is 4.80. The second-order valence-corrected chi connectivity index (χ2v) is 10.6. The SMILES string of the molecule is CCc1nn2c(C)cc(C)nc2c1Cc1ccc(OCC2CCN(C(=O)OC(C)(C)C)CC2)cc1. The number of aryl methyl sites for hydroxylation is 3. The maximum atomic E-state index is 12.3. The van der Waals surface area contributed by atoms with E-state index in [0.717, 1.165) is 54.2 Å². The van der Waals surface area contributed by atoms with Gasteiger partial charge in [-0.2, -0.15) is 5.10 Å². The summed E-state index contributed by atoms with van der Waals surface area (Å²) in [5.74, 6) is 1.32. The van der Waals surface area contributed by atoms with E-state index >= 15 is 0 Å². The normalized spacial score (nSPS) is 15.0. The molecule has 1 fully saturated rings. The largest absolute Gasteiger partial charge is 0.493 e. The van der Waals surface area contributed by atoms with Crippen molar-refractivity contribution in [2.24, 2.45) is 5.92 Å². The summed E-state index contributed by atoms with van der Waals surface area (Å²) in [6.45, 7) is 14.0. The number of hydrogen-bond donors (Lipinski definition) is 0. The minimum Gasteiger partial charge on any atom is -0.493 e. The van der Waals surface area contributed by atoms with Crippen molar-refractivity contribution in [1.29, 1.82) is 0 Å². The third kappa shape index (κ3) is 6.13. The molecule has 4 rings (SSSR count). The second kappa shape index (κ2) is 10.3. The lowest BCUT2D eigenvalue weighted by Gasteiger charge is -2.33. The van der Waals surface area contributed by atoms with E-state index in [1.165, 1.54) is 11.1 Å². The van der Waals surface area contributed by atoms with Crippen LogP contribution in [0.5, 0.6) is 5.75 Å². The monoisotopic (exact) mass is 478 g/mol. The Hall–Kier alpha value is -3.09. The van der Waals surface area contributed by atoms with Gasteiger partial charge in [0.15, 0.2) is 5.65 Å². The molecule has 2 aromatic heterocycles. The first-order valence-electron chi connectivity index (χ1n) is 12.7. The van der Waals surface area contributed by atoms with E-state index in [1.807, 2.05) is 44.3 Å². The van der Waals surface area contributed by atoms with Gasteiger partial charge >= 0.3 is 6.09 Å². The van der Waals surface area contributed by atoms with E-state index in [1.54, 1.807) is 4.90 Å². The number of aromatic nitrogens is 3. The van der Waals surface area contributed by atoms with Crippen molar-refractivity contribution in [3.05, 3.63) is 58.5 Å². The zero-order chi connectivity index (χ0) is 25.2. The molecule has 0 N–H and O–H groups in total. The minimum absolute atomic E-state index is 0.217. The molecule has 0 radical (unpaired) electrons. The van der Waals surface area contributed by atoms with Crippen LogP contribution in [0.15, 0.2) is 30.3 Å². The Labute approximate surface area is 208 Å². The molecule has 0 saturated carbocycles. The summed E-state index contributed by atoms with van der Waals surface area (Å²) in [7, 11) is 0. The van der Waals surface area contributed by atoms with Gasteiger partial charge < -0.3 is 14.4 Å². The molecular formula is C28H38N4O3. The lowest BCUT2D eigenvalue weighted by molar-refractivity contribution is 0.0165. The van der Waals surface area contributed by atoms with Crippen LogP contribution in [0.4, 0.5) is 4.79 Å². The molecule has 0 aliphatic carbocycles. The van der Waals surface area contributed by atoms with Crippen molar-refractivity contribution < 1.29 is 14.3 Å². The standard InChI is InChI=1S/C28H38N4O3/c1-7-25-24(26-29-19(2)16-20(3)32(26)30-25)17-21-8-10-23(11-9-21)34-18-22-12-14-31(15-13-22)27(33)35-28(4,5)6/h8-11,16,22H,7,12-15,17-18H2,1-6H3. The lowest BCUT2D eigenvalue weighted by Crippen LogP contribution is -2.42. The van der Waals surface area contributed by atoms with Gasteiger partial charge in [-0.15, -0.1) is 0 Å². The first-order valence-corrected chi connectivity index (χ1v) is 12.7. The van der Waals surface area contributed by atoms with Gasteiger partial charge in [-0.05, 0) is 83.6 Å². The number of carbonyl (C=O) groups excluding carboxylic acids is 1. The number of fused-ring (bicyclic) bond motifs is 1. The highest BCUT2D eigenvalue weighted by Gasteiger charge is 2.27. The van der Waals surface area contributed by atoms with E-state index in [9.17, 15) is 4.79 Å². The lowest BCUT2D eigenvalue weighted by atomic mass is 9.98. The first-order chi connectivity index (χ1) is 16.6. The Kier molecular flexibility index (Phi) is 7.33. The fourth-order valence-corrected chi connectivity index (χ4v) is 4.60. The molecule has 3 heterocycles. The number of rotatable bonds is 6. The Morgan fingerprint density at radius 1 is 1.11 bits per heavy atom. The highest BCUT2D eigenvalue weighted by Crippen LogP contribution is 2.24. The minimum atomic E-state index is -0.457. The van der Waals surface area contributed by atoms with E-state index in [0.29, 0.717) is 25.6 Å². The van der Waals surface area contributed by atoms with Crippen molar-refractivity contribution >= 4 is 11.7 Å². The van der Waals surface area contributed by atoms with E-state index in [2.05, 4.69) is 32.0 Å². The number of nitrogens with zero attached hydrogens (tertiary/aromatic N) is 4. The Morgan fingerprint density at radius 2 is 1.80 bits per heavy atom. The Morgan fingerprint density at radius 3 is 2.43 bits per heavy atom. The quantitative estimate of drug-likeness (QED) is 0.466. The van der Waals surface area contributed by atoms with E-state index < -0.39 is 5.60 Å². The number of amides is 1. The number of likely N-dealkylation sites (tertiary alicyclic amines) is 1. The van der Waals surface area contributed by atoms with Crippen LogP contribution >= 0.6 is 0 Å². The molecular weight excluding hydrogens is 440 g/mol. The van der Waals surface area contributed by atoms with Gasteiger partial charge in [-0.3, -0.25) is 0 Å². The molecule has 0 spiro atoms. The van der Waals surface area contributed by atoms with Crippen LogP contribution in [-0.4, -0.2) is 50.9 Å². The van der Waals surface area contributed by atoms with Gasteiger partial charge in [0.1, 0.15) is 11.4 Å². The number of piperidine rings is 1. The zero-order valence-corrected chi connectivity index (χ0v) is 21.9. The van der Waals surface area contributed by atoms with Crippen LogP contribution < -0.4 is 4.74 Å². The smallest absolute Gasteiger partial charge is 0.410 e. The maximum Gasteiger partial charge on any atom is 0.410 e. The molecule has 7 nitrogen and oxygen atoms in total. The van der Waals surface area contributed by atoms with Crippen molar-refractivity contribution in [2.75, 3.05) is 19.7 Å². The Bertz CT molecular complexity index is 1170. The van der Waals surface area contributed by atoms with Crippen LogP contribution in [0.3, 0.4) is 0 Å². The molecule has 3 aromatic rings. The average Bonchev–Trinajstić information content (AvgIpc) is 3.15. The molecule has 1 amide bonds. The van der Waals surface area contributed by atoms with E-state index in [4.69, 9.17) is 19.6 Å². The number of benzene rings is 1. The van der Waals surface area contributed by atoms with Gasteiger partial charge in [0, 0.05) is 36.5 Å². The summed E-state index contributed by atoms with van der Waals surface area (Å²) < 4.78 is 13.5. The third-order valence-electron chi connectivity index (χ3n) is 6.46. The highest BCUT2D eigenvalue weighted by molar-refractivity contribution is 5.68. The molecule has 7 heteroatoms. The predicted octanol–water partition coefficient (Wildman–Crippen LogP) is 5.53. The van der Waals surface area contributed by atoms with Crippen LogP contribution in [0.2, 0.25) is 0 Å². The van der Waals surface area contributed by atoms with Crippen LogP contribution in [0, 0.1) is 19.8 Å². The topological polar surface area (TPSA) is 69.0 Å². The summed E-state index contributed by atoms with van der Waals surface area (Å²) in [6, 6.07) is 10.4. The second-order valence-electron chi connectivity index (χ2n) is 10.6. The van der Waals surface area contributed by atoms with E-state index in [-0.39, 0.29) is 6.09 Å². The maximum absolute atomic E-state index is 12.3. The molecule has 1 aliphatic rings. The van der Waals surface area contributed by atoms with Crippen molar-refractivity contribution in [2.45, 2.75) is 72.8 Å². The van der Waals surface area contributed by atoms with Gasteiger partial charge in [0.2, 0.25) is 0 Å². The fourth-order valence-electron chi connectivity index (χ4n) is 4.60. The highest BCUT2D eigenvalue weighted by atomic mass is 16.6. The third-order valence-corrected chi connectivity index (χ3v) is 6.46. The van der Waals surface area contributed by atoms with Gasteiger partial charge in [0.05, 0.1) is 12.3 Å². The van der Waals surface area contributed by atoms with Crippen LogP contribution in [0.1, 0.15) is 68.7 Å². The summed E-state index contributed by atoms with van der Waals surface area (Å²) in [4.78, 5) is 18.8. The molecule has 1 aromatic carbocycles. The van der Waals surface area contributed by atoms with Gasteiger partial charge in [-0.1, -0.05) is 19.1 Å². The number of hydrogen-bond acceptors (Lipinski definition) is 5. The first kappa shape index (κ1) is 25.0. The molecule has 1 saturated heterocycles. The molecule has 0 unspecified atom stereocenters. The molecule has 1 aliphatic heterocycles. The fraction of sp³-hybridized carbons (Fsp3) is 0.536. The number of carbonyl (C=O) groups is 1. The van der Waals surface area contributed by atoms with Crippen molar-refractivity contribution in [1.82, 2.24) is 19.5 Å². The molecule has 188 valence electrons. The summed E-state index contributed by atoms with van der Waals surface area (Å²) in [6.07, 6.45) is 3.32. The van der Waals surface area contributed by atoms with Crippen LogP contribution in [0.25, 0.3) is 5.65 Å². The van der Waals surface area contributed by atoms with Gasteiger partial charge in [0.25, 0.3) is 0 Å². The average molecular weight is 479 g/mol. The molecule has 0 bridgehead atoms. The van der Waals surface area contributed by atoms with Crippen molar-refractivity contribution in [3.8, 4) is 5.75 Å². The zero-order valence-electron chi connectivity index (χ0n) is 21.9.